The van der Waals surface area contributed by atoms with Crippen LogP contribution in [0, 0.1) is 0 Å². The number of benzene rings is 2. The molecule has 0 bridgehead atoms. The molecule has 2 amide bonds. The van der Waals surface area contributed by atoms with Gasteiger partial charge in [-0.05, 0) is 29.8 Å². The predicted molar refractivity (Wildman–Crippen MR) is 95.6 cm³/mol. The first-order valence-electron chi connectivity index (χ1n) is 8.33. The number of hydrogen-bond acceptors (Lipinski definition) is 3. The largest absolute Gasteiger partial charge is 0.497 e. The number of imidazole rings is 1. The summed E-state index contributed by atoms with van der Waals surface area (Å²) in [5, 5.41) is 2.95. The zero-order chi connectivity index (χ0) is 17.2. The maximum atomic E-state index is 12.2. The van der Waals surface area contributed by atoms with Crippen LogP contribution in [0.5, 0.6) is 5.75 Å². The number of hydrogen-bond donors (Lipinski definition) is 2. The smallest absolute Gasteiger partial charge is 0.317 e. The number of rotatable bonds is 4. The number of aromatic amines is 1. The summed E-state index contributed by atoms with van der Waals surface area (Å²) in [6.45, 7) is 1.89. The summed E-state index contributed by atoms with van der Waals surface area (Å²) in [4.78, 5) is 22.0. The Morgan fingerprint density at radius 2 is 2.00 bits per heavy atom. The first-order chi connectivity index (χ1) is 12.2. The molecule has 0 unspecified atom stereocenters. The molecule has 6 nitrogen and oxygen atoms in total. The van der Waals surface area contributed by atoms with Crippen LogP contribution < -0.4 is 10.1 Å². The highest BCUT2D eigenvalue weighted by atomic mass is 16.5. The van der Waals surface area contributed by atoms with E-state index in [0.29, 0.717) is 19.6 Å². The number of H-pyrrole nitrogens is 1. The Bertz CT molecular complexity index is 849. The van der Waals surface area contributed by atoms with Crippen molar-refractivity contribution >= 4 is 17.1 Å². The molecule has 0 saturated carbocycles. The second-order valence-corrected chi connectivity index (χ2v) is 6.25. The number of amides is 2. The van der Waals surface area contributed by atoms with Crippen molar-refractivity contribution in [2.24, 2.45) is 0 Å². The highest BCUT2D eigenvalue weighted by molar-refractivity contribution is 5.76. The van der Waals surface area contributed by atoms with E-state index in [1.54, 1.807) is 12.0 Å². The lowest BCUT2D eigenvalue weighted by atomic mass is 10.0. The zero-order valence-electron chi connectivity index (χ0n) is 14.0. The Balaban J connectivity index is 1.30. The van der Waals surface area contributed by atoms with E-state index in [9.17, 15) is 4.79 Å². The molecular weight excluding hydrogens is 316 g/mol. The number of likely N-dealkylation sites (tertiary alicyclic amines) is 1. The van der Waals surface area contributed by atoms with Crippen molar-refractivity contribution in [2.75, 3.05) is 20.2 Å². The van der Waals surface area contributed by atoms with E-state index in [1.165, 1.54) is 0 Å². The Morgan fingerprint density at radius 3 is 2.72 bits per heavy atom. The molecule has 0 atom stereocenters. The molecule has 2 N–H and O–H groups in total. The molecule has 0 aliphatic carbocycles. The Hall–Kier alpha value is -3.02. The Labute approximate surface area is 145 Å². The Kier molecular flexibility index (Phi) is 4.01. The van der Waals surface area contributed by atoms with E-state index < -0.39 is 0 Å². The van der Waals surface area contributed by atoms with Crippen LogP contribution in [0.1, 0.15) is 17.3 Å². The lowest BCUT2D eigenvalue weighted by Gasteiger charge is -2.38. The summed E-state index contributed by atoms with van der Waals surface area (Å²) in [6, 6.07) is 15.6. The van der Waals surface area contributed by atoms with Gasteiger partial charge >= 0.3 is 6.03 Å². The number of nitrogens with zero attached hydrogens (tertiary/aromatic N) is 2. The van der Waals surface area contributed by atoms with Crippen LogP contribution in [-0.4, -0.2) is 41.1 Å². The highest BCUT2D eigenvalue weighted by Gasteiger charge is 2.33. The average Bonchev–Trinajstić information content (AvgIpc) is 3.02. The van der Waals surface area contributed by atoms with E-state index >= 15 is 0 Å². The third-order valence-electron chi connectivity index (χ3n) is 4.57. The maximum Gasteiger partial charge on any atom is 0.317 e. The van der Waals surface area contributed by atoms with Crippen molar-refractivity contribution < 1.29 is 9.53 Å². The topological polar surface area (TPSA) is 70.2 Å². The molecule has 0 radical (unpaired) electrons. The summed E-state index contributed by atoms with van der Waals surface area (Å²) < 4.78 is 5.13. The zero-order valence-corrected chi connectivity index (χ0v) is 14.0. The van der Waals surface area contributed by atoms with Crippen LogP contribution in [0.2, 0.25) is 0 Å². The van der Waals surface area contributed by atoms with Gasteiger partial charge < -0.3 is 19.9 Å². The number of nitrogens with one attached hydrogen (secondary N) is 2. The lowest BCUT2D eigenvalue weighted by molar-refractivity contribution is 0.148. The molecule has 1 aromatic heterocycles. The van der Waals surface area contributed by atoms with E-state index in [2.05, 4.69) is 15.3 Å². The van der Waals surface area contributed by atoms with Gasteiger partial charge in [0.1, 0.15) is 11.6 Å². The number of carbonyl (C=O) groups is 1. The standard InChI is InChI=1S/C19H20N4O2/c1-25-15-8-6-13(7-9-15)10-20-19(24)23-11-14(12-23)18-21-16-4-2-3-5-17(16)22-18/h2-9,14H,10-12H2,1H3,(H,20,24)(H,21,22). The summed E-state index contributed by atoms with van der Waals surface area (Å²) in [5.41, 5.74) is 3.06. The van der Waals surface area contributed by atoms with Gasteiger partial charge in [-0.3, -0.25) is 0 Å². The fourth-order valence-corrected chi connectivity index (χ4v) is 3.02. The van der Waals surface area contributed by atoms with Crippen LogP contribution in [-0.2, 0) is 6.54 Å². The summed E-state index contributed by atoms with van der Waals surface area (Å²) in [5.74, 6) is 2.05. The molecule has 2 heterocycles. The van der Waals surface area contributed by atoms with Gasteiger partial charge in [-0.2, -0.15) is 0 Å². The van der Waals surface area contributed by atoms with Gasteiger partial charge in [0, 0.05) is 19.6 Å². The number of ether oxygens (including phenoxy) is 1. The van der Waals surface area contributed by atoms with E-state index in [-0.39, 0.29) is 11.9 Å². The van der Waals surface area contributed by atoms with Gasteiger partial charge in [0.25, 0.3) is 0 Å². The fourth-order valence-electron chi connectivity index (χ4n) is 3.02. The quantitative estimate of drug-likeness (QED) is 0.770. The monoisotopic (exact) mass is 336 g/mol. The van der Waals surface area contributed by atoms with E-state index in [1.807, 2.05) is 48.5 Å². The second-order valence-electron chi connectivity index (χ2n) is 6.25. The summed E-state index contributed by atoms with van der Waals surface area (Å²) in [7, 11) is 1.64. The minimum absolute atomic E-state index is 0.0387. The predicted octanol–water partition coefficient (Wildman–Crippen LogP) is 2.88. The van der Waals surface area contributed by atoms with Crippen LogP contribution in [0.3, 0.4) is 0 Å². The van der Waals surface area contributed by atoms with Crippen molar-refractivity contribution in [3.8, 4) is 5.75 Å². The summed E-state index contributed by atoms with van der Waals surface area (Å²) in [6.07, 6.45) is 0. The molecule has 1 aliphatic rings. The van der Waals surface area contributed by atoms with Gasteiger partial charge in [0.05, 0.1) is 24.1 Å². The number of para-hydroxylation sites is 2. The van der Waals surface area contributed by atoms with Crippen molar-refractivity contribution in [3.63, 3.8) is 0 Å². The number of fused-ring (bicyclic) bond motifs is 1. The molecule has 1 aliphatic heterocycles. The Morgan fingerprint density at radius 1 is 1.24 bits per heavy atom. The molecule has 6 heteroatoms. The van der Waals surface area contributed by atoms with Crippen molar-refractivity contribution in [1.29, 1.82) is 0 Å². The summed E-state index contributed by atoms with van der Waals surface area (Å²) >= 11 is 0. The maximum absolute atomic E-state index is 12.2. The first-order valence-corrected chi connectivity index (χ1v) is 8.33. The molecule has 1 fully saturated rings. The molecule has 4 rings (SSSR count). The van der Waals surface area contributed by atoms with Gasteiger partial charge in [-0.15, -0.1) is 0 Å². The van der Waals surface area contributed by atoms with Crippen LogP contribution in [0.25, 0.3) is 11.0 Å². The SMILES string of the molecule is COc1ccc(CNC(=O)N2CC(c3nc4ccccc4[nH]3)C2)cc1. The third kappa shape index (κ3) is 3.15. The first kappa shape index (κ1) is 15.5. The van der Waals surface area contributed by atoms with E-state index in [4.69, 9.17) is 4.74 Å². The van der Waals surface area contributed by atoms with E-state index in [0.717, 1.165) is 28.2 Å². The van der Waals surface area contributed by atoms with Gasteiger partial charge in [0.2, 0.25) is 0 Å². The highest BCUT2D eigenvalue weighted by Crippen LogP contribution is 2.26. The van der Waals surface area contributed by atoms with Crippen molar-refractivity contribution in [3.05, 3.63) is 59.9 Å². The minimum Gasteiger partial charge on any atom is -0.497 e. The number of carbonyl (C=O) groups excluding carboxylic acids is 1. The number of urea groups is 1. The van der Waals surface area contributed by atoms with Gasteiger partial charge in [-0.1, -0.05) is 24.3 Å². The van der Waals surface area contributed by atoms with Crippen molar-refractivity contribution in [2.45, 2.75) is 12.5 Å². The fraction of sp³-hybridized carbons (Fsp3) is 0.263. The molecule has 1 saturated heterocycles. The molecule has 0 spiro atoms. The molecule has 25 heavy (non-hydrogen) atoms. The lowest BCUT2D eigenvalue weighted by Crippen LogP contribution is -2.52. The van der Waals surface area contributed by atoms with Gasteiger partial charge in [0.15, 0.2) is 0 Å². The molecule has 128 valence electrons. The van der Waals surface area contributed by atoms with Crippen molar-refractivity contribution in [1.82, 2.24) is 20.2 Å². The minimum atomic E-state index is -0.0387. The molecule has 3 aromatic rings. The third-order valence-corrected chi connectivity index (χ3v) is 4.57. The molecule has 2 aromatic carbocycles. The van der Waals surface area contributed by atoms with Crippen LogP contribution >= 0.6 is 0 Å². The number of methoxy groups -OCH3 is 1. The van der Waals surface area contributed by atoms with Crippen LogP contribution in [0.15, 0.2) is 48.5 Å². The average molecular weight is 336 g/mol. The number of aromatic nitrogens is 2. The van der Waals surface area contributed by atoms with Crippen LogP contribution in [0.4, 0.5) is 4.79 Å². The second kappa shape index (κ2) is 6.47. The van der Waals surface area contributed by atoms with Gasteiger partial charge in [-0.25, -0.2) is 9.78 Å². The molecular formula is C19H20N4O2. The normalized spacial score (nSPS) is 14.4.